The second kappa shape index (κ2) is 5.35. The van der Waals surface area contributed by atoms with Gasteiger partial charge in [-0.15, -0.1) is 5.11 Å². The van der Waals surface area contributed by atoms with Gasteiger partial charge in [0.05, 0.1) is 5.69 Å². The van der Waals surface area contributed by atoms with Crippen LogP contribution >= 0.6 is 0 Å². The number of rotatable bonds is 2. The second-order valence-electron chi connectivity index (χ2n) is 5.60. The Morgan fingerprint density at radius 3 is 2.61 bits per heavy atom. The molecule has 2 N–H and O–H groups in total. The average Bonchev–Trinajstić information content (AvgIpc) is 2.90. The minimum absolute atomic E-state index is 0.124. The first-order chi connectivity index (χ1) is 11.2. The molecule has 0 saturated carbocycles. The van der Waals surface area contributed by atoms with Crippen molar-refractivity contribution in [3.05, 3.63) is 62.3 Å². The van der Waals surface area contributed by atoms with Gasteiger partial charge in [-0.05, 0) is 37.8 Å². The maximum Gasteiger partial charge on any atom is 0.294 e. The number of aromatic amines is 2. The van der Waals surface area contributed by atoms with Crippen molar-refractivity contribution in [1.82, 2.24) is 14.6 Å². The molecule has 0 unspecified atom stereocenters. The number of benzene rings is 1. The average molecular weight is 309 g/mol. The van der Waals surface area contributed by atoms with Crippen molar-refractivity contribution in [3.63, 3.8) is 0 Å². The summed E-state index contributed by atoms with van der Waals surface area (Å²) in [5, 5.41) is 10.7. The first-order valence-corrected chi connectivity index (χ1v) is 7.59. The molecule has 0 aliphatic heterocycles. The van der Waals surface area contributed by atoms with E-state index in [1.54, 1.807) is 12.1 Å². The fourth-order valence-electron chi connectivity index (χ4n) is 2.94. The summed E-state index contributed by atoms with van der Waals surface area (Å²) in [4.78, 5) is 27.8. The van der Waals surface area contributed by atoms with Gasteiger partial charge in [-0.25, -0.2) is 0 Å². The number of H-pyrrole nitrogens is 2. The van der Waals surface area contributed by atoms with Crippen LogP contribution in [0.3, 0.4) is 0 Å². The number of nitrogens with zero attached hydrogens (tertiary/aromatic N) is 3. The lowest BCUT2D eigenvalue weighted by Gasteiger charge is -2.14. The molecule has 0 radical (unpaired) electrons. The highest BCUT2D eigenvalue weighted by atomic mass is 16.1. The summed E-state index contributed by atoms with van der Waals surface area (Å²) in [7, 11) is 0. The Kier molecular flexibility index (Phi) is 3.18. The molecule has 2 aromatic heterocycles. The Hall–Kier alpha value is -2.96. The normalized spacial score (nSPS) is 14.4. The lowest BCUT2D eigenvalue weighted by molar-refractivity contribution is 0.651. The highest BCUT2D eigenvalue weighted by molar-refractivity contribution is 5.63. The lowest BCUT2D eigenvalue weighted by atomic mass is 9.97. The standard InChI is InChI=1S/C16H15N5O2/c22-15-13(19-18-10-6-2-1-3-7-10)14-17-12-9-5-4-8-11(12)16(23)21(14)20-15/h1-3,6-7,17H,4-5,8-9H2,(H,20,22). The van der Waals surface area contributed by atoms with Crippen LogP contribution < -0.4 is 11.1 Å². The maximum atomic E-state index is 12.5. The first-order valence-electron chi connectivity index (χ1n) is 7.59. The number of hydrogen-bond donors (Lipinski definition) is 2. The highest BCUT2D eigenvalue weighted by Gasteiger charge is 2.19. The van der Waals surface area contributed by atoms with Crippen LogP contribution in [0.5, 0.6) is 0 Å². The SMILES string of the molecule is O=c1[nH]n2c(=O)c3c([nH]c2c1N=Nc1ccccc1)CCCC3. The predicted octanol–water partition coefficient (Wildman–Crippen LogP) is 2.61. The molecule has 23 heavy (non-hydrogen) atoms. The summed E-state index contributed by atoms with van der Waals surface area (Å²) < 4.78 is 1.24. The van der Waals surface area contributed by atoms with Gasteiger partial charge in [-0.1, -0.05) is 18.2 Å². The summed E-state index contributed by atoms with van der Waals surface area (Å²) in [6.07, 6.45) is 3.58. The fraction of sp³-hybridized carbons (Fsp3) is 0.250. The van der Waals surface area contributed by atoms with Gasteiger partial charge in [-0.2, -0.15) is 9.63 Å². The van der Waals surface area contributed by atoms with Crippen molar-refractivity contribution < 1.29 is 0 Å². The third-order valence-electron chi connectivity index (χ3n) is 4.10. The van der Waals surface area contributed by atoms with E-state index in [2.05, 4.69) is 20.3 Å². The third kappa shape index (κ3) is 2.30. The van der Waals surface area contributed by atoms with Crippen molar-refractivity contribution in [3.8, 4) is 0 Å². The van der Waals surface area contributed by atoms with Crippen LogP contribution in [-0.4, -0.2) is 14.6 Å². The van der Waals surface area contributed by atoms with Gasteiger partial charge in [-0.3, -0.25) is 14.7 Å². The molecule has 0 fully saturated rings. The minimum Gasteiger partial charge on any atom is -0.341 e. The van der Waals surface area contributed by atoms with E-state index >= 15 is 0 Å². The Morgan fingerprint density at radius 2 is 1.78 bits per heavy atom. The van der Waals surface area contributed by atoms with E-state index in [9.17, 15) is 9.59 Å². The first kappa shape index (κ1) is 13.7. The molecular formula is C16H15N5O2. The summed E-state index contributed by atoms with van der Waals surface area (Å²) in [6.45, 7) is 0. The lowest BCUT2D eigenvalue weighted by Crippen LogP contribution is -2.25. The number of aromatic nitrogens is 3. The van der Waals surface area contributed by atoms with Gasteiger partial charge < -0.3 is 4.98 Å². The Labute approximate surface area is 130 Å². The van der Waals surface area contributed by atoms with E-state index in [1.807, 2.05) is 18.2 Å². The van der Waals surface area contributed by atoms with Crippen LogP contribution in [0.15, 0.2) is 50.1 Å². The molecule has 0 amide bonds. The van der Waals surface area contributed by atoms with Crippen LogP contribution in [0, 0.1) is 0 Å². The van der Waals surface area contributed by atoms with E-state index in [0.717, 1.165) is 36.9 Å². The molecule has 1 aliphatic rings. The summed E-state index contributed by atoms with van der Waals surface area (Å²) >= 11 is 0. The van der Waals surface area contributed by atoms with Gasteiger partial charge >= 0.3 is 0 Å². The van der Waals surface area contributed by atoms with Crippen molar-refractivity contribution in [2.75, 3.05) is 0 Å². The maximum absolute atomic E-state index is 12.5. The molecule has 4 rings (SSSR count). The van der Waals surface area contributed by atoms with E-state index < -0.39 is 5.56 Å². The van der Waals surface area contributed by atoms with Crippen LogP contribution in [0.4, 0.5) is 11.4 Å². The molecule has 7 nitrogen and oxygen atoms in total. The highest BCUT2D eigenvalue weighted by Crippen LogP contribution is 2.21. The van der Waals surface area contributed by atoms with Gasteiger partial charge in [0.2, 0.25) is 0 Å². The summed E-state index contributed by atoms with van der Waals surface area (Å²) in [6, 6.07) is 9.15. The van der Waals surface area contributed by atoms with Gasteiger partial charge in [0.25, 0.3) is 11.1 Å². The van der Waals surface area contributed by atoms with E-state index in [-0.39, 0.29) is 11.2 Å². The van der Waals surface area contributed by atoms with Gasteiger partial charge in [0.1, 0.15) is 0 Å². The summed E-state index contributed by atoms with van der Waals surface area (Å²) in [5.41, 5.74) is 2.19. The van der Waals surface area contributed by atoms with Crippen LogP contribution in [0.25, 0.3) is 5.65 Å². The molecule has 0 spiro atoms. The summed E-state index contributed by atoms with van der Waals surface area (Å²) in [5.74, 6) is 0. The van der Waals surface area contributed by atoms with Crippen LogP contribution in [0.1, 0.15) is 24.1 Å². The van der Waals surface area contributed by atoms with Crippen LogP contribution in [0.2, 0.25) is 0 Å². The van der Waals surface area contributed by atoms with Gasteiger partial charge in [0.15, 0.2) is 11.3 Å². The quantitative estimate of drug-likeness (QED) is 0.712. The number of azo groups is 1. The molecule has 1 aromatic carbocycles. The smallest absolute Gasteiger partial charge is 0.294 e. The molecule has 0 bridgehead atoms. The van der Waals surface area contributed by atoms with Crippen LogP contribution in [-0.2, 0) is 12.8 Å². The Balaban J connectivity index is 1.89. The monoisotopic (exact) mass is 309 g/mol. The molecule has 1 aliphatic carbocycles. The van der Waals surface area contributed by atoms with Crippen molar-refractivity contribution in [1.29, 1.82) is 0 Å². The van der Waals surface area contributed by atoms with E-state index in [0.29, 0.717) is 11.3 Å². The molecular weight excluding hydrogens is 294 g/mol. The molecule has 3 aromatic rings. The van der Waals surface area contributed by atoms with Gasteiger partial charge in [0, 0.05) is 11.3 Å². The molecule has 2 heterocycles. The molecule has 116 valence electrons. The fourth-order valence-corrected chi connectivity index (χ4v) is 2.94. The number of fused-ring (bicyclic) bond motifs is 2. The Morgan fingerprint density at radius 1 is 1.00 bits per heavy atom. The largest absolute Gasteiger partial charge is 0.341 e. The van der Waals surface area contributed by atoms with E-state index in [1.165, 1.54) is 4.52 Å². The predicted molar refractivity (Wildman–Crippen MR) is 85.9 cm³/mol. The zero-order chi connectivity index (χ0) is 15.8. The Bertz CT molecular complexity index is 1010. The minimum atomic E-state index is -0.430. The third-order valence-corrected chi connectivity index (χ3v) is 4.10. The van der Waals surface area contributed by atoms with E-state index in [4.69, 9.17) is 0 Å². The zero-order valence-electron chi connectivity index (χ0n) is 12.4. The van der Waals surface area contributed by atoms with Crippen molar-refractivity contribution >= 4 is 17.0 Å². The number of hydrogen-bond acceptors (Lipinski definition) is 4. The number of nitrogens with one attached hydrogen (secondary N) is 2. The van der Waals surface area contributed by atoms with Crippen molar-refractivity contribution in [2.45, 2.75) is 25.7 Å². The molecule has 0 saturated heterocycles. The topological polar surface area (TPSA) is 94.8 Å². The second-order valence-corrected chi connectivity index (χ2v) is 5.60. The zero-order valence-corrected chi connectivity index (χ0v) is 12.4. The number of aryl methyl sites for hydroxylation is 1. The van der Waals surface area contributed by atoms with Crippen molar-refractivity contribution in [2.24, 2.45) is 10.2 Å². The molecule has 7 heteroatoms. The molecule has 0 atom stereocenters.